The first-order valence-corrected chi connectivity index (χ1v) is 9.33. The topological polar surface area (TPSA) is 106 Å². The van der Waals surface area contributed by atoms with Gasteiger partial charge in [-0.1, -0.05) is 24.3 Å². The molecule has 2 aromatic carbocycles. The lowest BCUT2D eigenvalue weighted by Gasteiger charge is -2.05. The highest BCUT2D eigenvalue weighted by molar-refractivity contribution is 7.13. The number of rotatable bonds is 5. The molecule has 2 aromatic heterocycles. The number of nitrogens with one attached hydrogen (secondary N) is 2. The zero-order valence-corrected chi connectivity index (χ0v) is 15.8. The number of anilines is 2. The molecule has 0 fully saturated rings. The summed E-state index contributed by atoms with van der Waals surface area (Å²) in [5.74, 6) is 0.905. The summed E-state index contributed by atoms with van der Waals surface area (Å²) in [5.41, 5.74) is 8.91. The Morgan fingerprint density at radius 3 is 2.75 bits per heavy atom. The first kappa shape index (κ1) is 17.7. The number of hydrogen-bond donors (Lipinski definition) is 3. The van der Waals surface area contributed by atoms with Crippen molar-refractivity contribution in [3.05, 3.63) is 65.8 Å². The number of carbonyl (C=O) groups is 1. The van der Waals surface area contributed by atoms with E-state index in [-0.39, 0.29) is 5.91 Å². The van der Waals surface area contributed by atoms with Gasteiger partial charge in [0, 0.05) is 28.4 Å². The van der Waals surface area contributed by atoms with Crippen LogP contribution in [0.5, 0.6) is 5.75 Å². The lowest BCUT2D eigenvalue weighted by atomic mass is 10.1. The van der Waals surface area contributed by atoms with Crippen LogP contribution >= 0.6 is 11.3 Å². The third-order valence-corrected chi connectivity index (χ3v) is 4.78. The van der Waals surface area contributed by atoms with E-state index >= 15 is 0 Å². The number of aromatic amines is 1. The van der Waals surface area contributed by atoms with Crippen molar-refractivity contribution in [2.45, 2.75) is 0 Å². The van der Waals surface area contributed by atoms with Crippen molar-refractivity contribution < 1.29 is 9.53 Å². The molecule has 4 aromatic rings. The summed E-state index contributed by atoms with van der Waals surface area (Å²) in [6, 6.07) is 14.7. The minimum atomic E-state index is -0.324. The van der Waals surface area contributed by atoms with E-state index in [0.29, 0.717) is 33.8 Å². The summed E-state index contributed by atoms with van der Waals surface area (Å²) >= 11 is 1.34. The number of nitrogens with zero attached hydrogens (tertiary/aromatic N) is 2. The Labute approximate surface area is 165 Å². The van der Waals surface area contributed by atoms with E-state index in [1.54, 1.807) is 30.8 Å². The van der Waals surface area contributed by atoms with Crippen LogP contribution in [0.2, 0.25) is 0 Å². The maximum absolute atomic E-state index is 12.9. The maximum atomic E-state index is 12.9. The van der Waals surface area contributed by atoms with E-state index in [9.17, 15) is 4.79 Å². The van der Waals surface area contributed by atoms with Crippen molar-refractivity contribution in [3.8, 4) is 28.4 Å². The summed E-state index contributed by atoms with van der Waals surface area (Å²) < 4.78 is 5.31. The van der Waals surface area contributed by atoms with Gasteiger partial charge in [0.25, 0.3) is 5.91 Å². The molecule has 1 amide bonds. The van der Waals surface area contributed by atoms with Gasteiger partial charge >= 0.3 is 0 Å². The molecule has 28 heavy (non-hydrogen) atoms. The molecule has 0 aliphatic rings. The number of amides is 1. The third kappa shape index (κ3) is 3.58. The lowest BCUT2D eigenvalue weighted by molar-refractivity contribution is 0.102. The highest BCUT2D eigenvalue weighted by Gasteiger charge is 2.21. The fraction of sp³-hybridized carbons (Fsp3) is 0.0500. The summed E-state index contributed by atoms with van der Waals surface area (Å²) in [4.78, 5) is 24.8. The van der Waals surface area contributed by atoms with Gasteiger partial charge in [-0.25, -0.2) is 9.97 Å². The predicted octanol–water partition coefficient (Wildman–Crippen LogP) is 4.04. The Morgan fingerprint density at radius 2 is 2.00 bits per heavy atom. The summed E-state index contributed by atoms with van der Waals surface area (Å²) in [7, 11) is 1.60. The van der Waals surface area contributed by atoms with Gasteiger partial charge in [0.1, 0.15) is 23.0 Å². The second kappa shape index (κ2) is 7.53. The van der Waals surface area contributed by atoms with Gasteiger partial charge in [-0.3, -0.25) is 10.1 Å². The fourth-order valence-electron chi connectivity index (χ4n) is 2.78. The van der Waals surface area contributed by atoms with E-state index in [2.05, 4.69) is 20.3 Å². The molecule has 0 aliphatic carbocycles. The van der Waals surface area contributed by atoms with Crippen molar-refractivity contribution in [1.82, 2.24) is 15.0 Å². The van der Waals surface area contributed by atoms with Crippen LogP contribution in [0.1, 0.15) is 10.5 Å². The Hall–Kier alpha value is -3.65. The third-order valence-electron chi connectivity index (χ3n) is 4.09. The molecule has 8 heteroatoms. The molecule has 4 rings (SSSR count). The first-order valence-electron chi connectivity index (χ1n) is 8.45. The Kier molecular flexibility index (Phi) is 4.77. The van der Waals surface area contributed by atoms with Crippen LogP contribution in [0, 0.1) is 0 Å². The van der Waals surface area contributed by atoms with Crippen LogP contribution in [0.3, 0.4) is 0 Å². The van der Waals surface area contributed by atoms with Crippen molar-refractivity contribution >= 4 is 28.1 Å². The van der Waals surface area contributed by atoms with Gasteiger partial charge in [0.2, 0.25) is 0 Å². The van der Waals surface area contributed by atoms with E-state index in [4.69, 9.17) is 10.5 Å². The van der Waals surface area contributed by atoms with Crippen molar-refractivity contribution in [2.75, 3.05) is 18.2 Å². The van der Waals surface area contributed by atoms with Crippen LogP contribution in [-0.4, -0.2) is 28.0 Å². The van der Waals surface area contributed by atoms with Crippen LogP contribution in [-0.2, 0) is 0 Å². The monoisotopic (exact) mass is 391 g/mol. The molecule has 4 N–H and O–H groups in total. The second-order valence-corrected chi connectivity index (χ2v) is 6.85. The van der Waals surface area contributed by atoms with E-state index < -0.39 is 0 Å². The minimum Gasteiger partial charge on any atom is -0.497 e. The van der Waals surface area contributed by atoms with Crippen molar-refractivity contribution in [2.24, 2.45) is 0 Å². The molecular weight excluding hydrogens is 374 g/mol. The second-order valence-electron chi connectivity index (χ2n) is 5.96. The number of benzene rings is 2. The number of thiazole rings is 1. The van der Waals surface area contributed by atoms with Gasteiger partial charge < -0.3 is 15.5 Å². The van der Waals surface area contributed by atoms with Crippen LogP contribution in [0.4, 0.5) is 10.8 Å². The number of hydrogen-bond acceptors (Lipinski definition) is 6. The number of ether oxygens (including phenoxy) is 1. The van der Waals surface area contributed by atoms with Crippen molar-refractivity contribution in [3.63, 3.8) is 0 Å². The van der Waals surface area contributed by atoms with Crippen LogP contribution < -0.4 is 15.8 Å². The van der Waals surface area contributed by atoms with Gasteiger partial charge in [-0.2, -0.15) is 0 Å². The number of carbonyl (C=O) groups excluding carboxylic acids is 1. The maximum Gasteiger partial charge on any atom is 0.276 e. The molecule has 0 spiro atoms. The summed E-state index contributed by atoms with van der Waals surface area (Å²) in [5, 5.41) is 5.11. The summed E-state index contributed by atoms with van der Waals surface area (Å²) in [6.45, 7) is 0. The van der Waals surface area contributed by atoms with E-state index in [1.165, 1.54) is 11.3 Å². The number of nitrogen functional groups attached to an aromatic ring is 1. The molecule has 0 bridgehead atoms. The molecule has 0 saturated carbocycles. The highest BCUT2D eigenvalue weighted by Crippen LogP contribution is 2.29. The fourth-order valence-corrected chi connectivity index (χ4v) is 3.31. The summed E-state index contributed by atoms with van der Waals surface area (Å²) in [6.07, 6.45) is 1.63. The molecule has 140 valence electrons. The number of imidazole rings is 1. The largest absolute Gasteiger partial charge is 0.497 e. The number of nitrogens with two attached hydrogens (primary N) is 1. The molecule has 7 nitrogen and oxygen atoms in total. The first-order chi connectivity index (χ1) is 13.6. The van der Waals surface area contributed by atoms with E-state index in [1.807, 2.05) is 36.4 Å². The predicted molar refractivity (Wildman–Crippen MR) is 110 cm³/mol. The quantitative estimate of drug-likeness (QED) is 0.445. The van der Waals surface area contributed by atoms with Crippen LogP contribution in [0.25, 0.3) is 22.6 Å². The normalized spacial score (nSPS) is 10.6. The molecular formula is C20H17N5O2S. The van der Waals surface area contributed by atoms with Crippen molar-refractivity contribution in [1.29, 1.82) is 0 Å². The standard InChI is InChI=1S/C20H17N5O2S/c1-27-15-7-3-4-12(11-15)16-17(19(26)25-20-22-8-9-28-20)24-18(23-16)13-5-2-6-14(21)10-13/h2-11H,21H2,1H3,(H,23,24)(H,22,25,26). The molecule has 0 unspecified atom stereocenters. The number of aromatic nitrogens is 3. The minimum absolute atomic E-state index is 0.324. The molecule has 0 atom stereocenters. The molecule has 2 heterocycles. The molecule has 0 saturated heterocycles. The average molecular weight is 391 g/mol. The zero-order chi connectivity index (χ0) is 19.5. The highest BCUT2D eigenvalue weighted by atomic mass is 32.1. The number of H-pyrrole nitrogens is 1. The Morgan fingerprint density at radius 1 is 1.18 bits per heavy atom. The van der Waals surface area contributed by atoms with E-state index in [0.717, 1.165) is 11.1 Å². The zero-order valence-electron chi connectivity index (χ0n) is 15.0. The van der Waals surface area contributed by atoms with Gasteiger partial charge in [0.15, 0.2) is 5.13 Å². The van der Waals surface area contributed by atoms with Gasteiger partial charge in [-0.15, -0.1) is 11.3 Å². The lowest BCUT2D eigenvalue weighted by Crippen LogP contribution is -2.13. The SMILES string of the molecule is COc1cccc(-c2nc(-c3cccc(N)c3)[nH]c2C(=O)Nc2nccs2)c1. The average Bonchev–Trinajstić information content (AvgIpc) is 3.38. The Bertz CT molecular complexity index is 1120. The van der Waals surface area contributed by atoms with Gasteiger partial charge in [-0.05, 0) is 24.3 Å². The molecule has 0 radical (unpaired) electrons. The van der Waals surface area contributed by atoms with Gasteiger partial charge in [0.05, 0.1) is 7.11 Å². The number of methoxy groups -OCH3 is 1. The smallest absolute Gasteiger partial charge is 0.276 e. The molecule has 0 aliphatic heterocycles. The van der Waals surface area contributed by atoms with Crippen LogP contribution in [0.15, 0.2) is 60.1 Å². The Balaban J connectivity index is 1.81.